The van der Waals surface area contributed by atoms with E-state index in [4.69, 9.17) is 15.6 Å². The molecule has 0 aromatic heterocycles. The van der Waals surface area contributed by atoms with Gasteiger partial charge in [0.15, 0.2) is 0 Å². The topological polar surface area (TPSA) is 72.5 Å². The molecule has 17 heavy (non-hydrogen) atoms. The van der Waals surface area contributed by atoms with Crippen LogP contribution >= 0.6 is 11.8 Å². The van der Waals surface area contributed by atoms with E-state index in [0.29, 0.717) is 12.5 Å². The van der Waals surface area contributed by atoms with Crippen molar-refractivity contribution >= 4 is 17.7 Å². The van der Waals surface area contributed by atoms with E-state index in [1.165, 1.54) is 0 Å². The smallest absolute Gasteiger partial charge is 0.320 e. The van der Waals surface area contributed by atoms with Crippen molar-refractivity contribution in [2.75, 3.05) is 11.5 Å². The van der Waals surface area contributed by atoms with Crippen LogP contribution in [0.5, 0.6) is 5.75 Å². The second-order valence-electron chi connectivity index (χ2n) is 4.07. The molecule has 5 heteroatoms. The molecule has 1 atom stereocenters. The van der Waals surface area contributed by atoms with Gasteiger partial charge in [-0.3, -0.25) is 4.79 Å². The maximum absolute atomic E-state index is 10.6. The first-order valence-electron chi connectivity index (χ1n) is 5.47. The summed E-state index contributed by atoms with van der Waals surface area (Å²) >= 11 is 1.87. The Balaban J connectivity index is 1.90. The summed E-state index contributed by atoms with van der Waals surface area (Å²) in [6, 6.07) is 6.62. The summed E-state index contributed by atoms with van der Waals surface area (Å²) in [5, 5.41) is 8.70. The Kier molecular flexibility index (Phi) is 3.91. The lowest BCUT2D eigenvalue weighted by Gasteiger charge is -2.25. The van der Waals surface area contributed by atoms with E-state index < -0.39 is 12.0 Å². The van der Waals surface area contributed by atoms with Gasteiger partial charge in [-0.15, -0.1) is 0 Å². The van der Waals surface area contributed by atoms with Crippen molar-refractivity contribution in [2.45, 2.75) is 18.6 Å². The zero-order valence-corrected chi connectivity index (χ0v) is 10.2. The fraction of sp³-hybridized carbons (Fsp3) is 0.417. The van der Waals surface area contributed by atoms with Gasteiger partial charge in [0, 0.05) is 11.5 Å². The van der Waals surface area contributed by atoms with Crippen molar-refractivity contribution < 1.29 is 14.6 Å². The second-order valence-corrected chi connectivity index (χ2v) is 5.15. The average molecular weight is 253 g/mol. The third-order valence-corrected chi connectivity index (χ3v) is 3.82. The molecule has 1 fully saturated rings. The normalized spacial score (nSPS) is 17.2. The summed E-state index contributed by atoms with van der Waals surface area (Å²) in [6.07, 6.45) is 0.668. The number of carboxylic acids is 1. The zero-order chi connectivity index (χ0) is 12.3. The Morgan fingerprint density at radius 3 is 2.59 bits per heavy atom. The summed E-state index contributed by atoms with van der Waals surface area (Å²) in [7, 11) is 0. The van der Waals surface area contributed by atoms with E-state index in [1.807, 2.05) is 36.0 Å². The van der Waals surface area contributed by atoms with Gasteiger partial charge in [-0.1, -0.05) is 12.1 Å². The monoisotopic (exact) mass is 253 g/mol. The van der Waals surface area contributed by atoms with Crippen molar-refractivity contribution in [3.05, 3.63) is 29.8 Å². The van der Waals surface area contributed by atoms with Crippen LogP contribution < -0.4 is 10.5 Å². The number of benzene rings is 1. The maximum atomic E-state index is 10.6. The molecule has 1 saturated heterocycles. The summed E-state index contributed by atoms with van der Waals surface area (Å²) in [4.78, 5) is 10.6. The number of carbonyl (C=O) groups is 1. The van der Waals surface area contributed by atoms with Gasteiger partial charge >= 0.3 is 5.97 Å². The highest BCUT2D eigenvalue weighted by Gasteiger charge is 2.19. The van der Waals surface area contributed by atoms with Crippen LogP contribution in [0, 0.1) is 0 Å². The molecule has 92 valence electrons. The summed E-state index contributed by atoms with van der Waals surface area (Å²) in [5.41, 5.74) is 6.38. The Bertz CT molecular complexity index is 389. The number of aliphatic carboxylic acids is 1. The molecular formula is C12H15NO3S. The molecule has 0 saturated carbocycles. The van der Waals surface area contributed by atoms with E-state index in [-0.39, 0.29) is 0 Å². The average Bonchev–Trinajstić information content (AvgIpc) is 2.25. The fourth-order valence-corrected chi connectivity index (χ4v) is 2.08. The van der Waals surface area contributed by atoms with Crippen LogP contribution in [0.15, 0.2) is 24.3 Å². The van der Waals surface area contributed by atoms with Crippen molar-refractivity contribution in [3.8, 4) is 5.75 Å². The molecular weight excluding hydrogens is 238 g/mol. The minimum Gasteiger partial charge on any atom is -0.489 e. The first-order valence-corrected chi connectivity index (χ1v) is 6.62. The molecule has 1 heterocycles. The molecule has 0 spiro atoms. The molecule has 2 rings (SSSR count). The van der Waals surface area contributed by atoms with E-state index in [0.717, 1.165) is 22.8 Å². The predicted molar refractivity (Wildman–Crippen MR) is 67.5 cm³/mol. The summed E-state index contributed by atoms with van der Waals surface area (Å²) in [6.45, 7) is 0. The lowest BCUT2D eigenvalue weighted by molar-refractivity contribution is -0.138. The van der Waals surface area contributed by atoms with Crippen LogP contribution in [0.1, 0.15) is 5.56 Å². The van der Waals surface area contributed by atoms with Gasteiger partial charge < -0.3 is 15.6 Å². The van der Waals surface area contributed by atoms with Gasteiger partial charge in [-0.25, -0.2) is 0 Å². The quantitative estimate of drug-likeness (QED) is 0.823. The van der Waals surface area contributed by atoms with E-state index in [2.05, 4.69) is 0 Å². The number of nitrogens with two attached hydrogens (primary N) is 1. The molecule has 4 nitrogen and oxygen atoms in total. The number of hydrogen-bond acceptors (Lipinski definition) is 4. The Morgan fingerprint density at radius 1 is 1.47 bits per heavy atom. The Labute approximate surface area is 104 Å². The van der Waals surface area contributed by atoms with Gasteiger partial charge in [-0.2, -0.15) is 11.8 Å². The molecule has 1 aliphatic rings. The molecule has 1 aromatic carbocycles. The third-order valence-electron chi connectivity index (χ3n) is 2.61. The first-order chi connectivity index (χ1) is 8.15. The van der Waals surface area contributed by atoms with Crippen molar-refractivity contribution in [1.29, 1.82) is 0 Å². The number of carboxylic acid groups (broad SMARTS) is 1. The molecule has 0 radical (unpaired) electrons. The van der Waals surface area contributed by atoms with Crippen LogP contribution in [-0.2, 0) is 11.2 Å². The SMILES string of the molecule is NC(Cc1ccc(OC2CSC2)cc1)C(=O)O. The van der Waals surface area contributed by atoms with Gasteiger partial charge in [0.2, 0.25) is 0 Å². The minimum atomic E-state index is -0.975. The molecule has 1 aromatic rings. The third kappa shape index (κ3) is 3.38. The number of thioether (sulfide) groups is 1. The predicted octanol–water partition coefficient (Wildman–Crippen LogP) is 1.14. The van der Waals surface area contributed by atoms with Gasteiger partial charge in [0.05, 0.1) is 0 Å². The molecule has 0 amide bonds. The van der Waals surface area contributed by atoms with Crippen molar-refractivity contribution in [1.82, 2.24) is 0 Å². The number of ether oxygens (including phenoxy) is 1. The van der Waals surface area contributed by atoms with Gasteiger partial charge in [0.25, 0.3) is 0 Å². The molecule has 1 aliphatic heterocycles. The Morgan fingerprint density at radius 2 is 2.12 bits per heavy atom. The maximum Gasteiger partial charge on any atom is 0.320 e. The highest BCUT2D eigenvalue weighted by atomic mass is 32.2. The lowest BCUT2D eigenvalue weighted by atomic mass is 10.1. The summed E-state index contributed by atoms with van der Waals surface area (Å²) < 4.78 is 5.69. The minimum absolute atomic E-state index is 0.326. The van der Waals surface area contributed by atoms with E-state index >= 15 is 0 Å². The van der Waals surface area contributed by atoms with Gasteiger partial charge in [0.1, 0.15) is 17.9 Å². The van der Waals surface area contributed by atoms with E-state index in [9.17, 15) is 4.79 Å². The second kappa shape index (κ2) is 5.42. The van der Waals surface area contributed by atoms with E-state index in [1.54, 1.807) is 0 Å². The summed E-state index contributed by atoms with van der Waals surface area (Å²) in [5.74, 6) is 1.96. The molecule has 0 aliphatic carbocycles. The van der Waals surface area contributed by atoms with Gasteiger partial charge in [-0.05, 0) is 24.1 Å². The number of rotatable bonds is 5. The van der Waals surface area contributed by atoms with Crippen LogP contribution in [0.4, 0.5) is 0 Å². The molecule has 3 N–H and O–H groups in total. The van der Waals surface area contributed by atoms with Crippen LogP contribution in [0.3, 0.4) is 0 Å². The standard InChI is InChI=1S/C12H15NO3S/c13-11(12(14)15)5-8-1-3-9(4-2-8)16-10-6-17-7-10/h1-4,10-11H,5-7,13H2,(H,14,15). The van der Waals surface area contributed by atoms with Crippen LogP contribution in [0.2, 0.25) is 0 Å². The Hall–Kier alpha value is -1.20. The highest BCUT2D eigenvalue weighted by Crippen LogP contribution is 2.24. The lowest BCUT2D eigenvalue weighted by Crippen LogP contribution is -2.32. The van der Waals surface area contributed by atoms with Crippen molar-refractivity contribution in [2.24, 2.45) is 5.73 Å². The molecule has 1 unspecified atom stereocenters. The van der Waals surface area contributed by atoms with Crippen LogP contribution in [-0.4, -0.2) is 34.7 Å². The number of hydrogen-bond donors (Lipinski definition) is 2. The molecule has 0 bridgehead atoms. The fourth-order valence-electron chi connectivity index (χ4n) is 1.52. The zero-order valence-electron chi connectivity index (χ0n) is 9.33. The van der Waals surface area contributed by atoms with Crippen LogP contribution in [0.25, 0.3) is 0 Å². The highest BCUT2D eigenvalue weighted by molar-refractivity contribution is 8.00. The first kappa shape index (κ1) is 12.3. The largest absolute Gasteiger partial charge is 0.489 e. The van der Waals surface area contributed by atoms with Crippen molar-refractivity contribution in [3.63, 3.8) is 0 Å².